The fourth-order valence-electron chi connectivity index (χ4n) is 4.09. The second-order valence-corrected chi connectivity index (χ2v) is 9.68. The Morgan fingerprint density at radius 1 is 0.882 bits per heavy atom. The van der Waals surface area contributed by atoms with Crippen molar-refractivity contribution in [2.75, 3.05) is 18.4 Å². The molecule has 0 saturated heterocycles. The van der Waals surface area contributed by atoms with E-state index in [9.17, 15) is 0 Å². The molecule has 0 bridgehead atoms. The first-order chi connectivity index (χ1) is 16.7. The molecule has 5 rings (SSSR count). The summed E-state index contributed by atoms with van der Waals surface area (Å²) in [4.78, 5) is 11.7. The van der Waals surface area contributed by atoms with Crippen LogP contribution in [-0.2, 0) is 12.8 Å². The molecule has 6 heteroatoms. The Balaban J connectivity index is 1.21. The van der Waals surface area contributed by atoms with Gasteiger partial charge in [-0.3, -0.25) is 0 Å². The topological polar surface area (TPSA) is 77.0 Å². The molecule has 0 atom stereocenters. The Morgan fingerprint density at radius 3 is 2.24 bits per heavy atom. The molecule has 2 aromatic carbocycles. The van der Waals surface area contributed by atoms with Crippen LogP contribution in [0.1, 0.15) is 22.4 Å². The summed E-state index contributed by atoms with van der Waals surface area (Å²) in [5.74, 6) is 1.58. The van der Waals surface area contributed by atoms with Crippen molar-refractivity contribution in [3.05, 3.63) is 89.2 Å². The van der Waals surface area contributed by atoms with Gasteiger partial charge in [0.15, 0.2) is 5.82 Å². The van der Waals surface area contributed by atoms with E-state index in [-0.39, 0.29) is 0 Å². The van der Waals surface area contributed by atoms with E-state index in [1.807, 2.05) is 6.07 Å². The number of nitrogens with one attached hydrogen (secondary N) is 1. The normalized spacial score (nSPS) is 11.2. The predicted molar refractivity (Wildman–Crippen MR) is 141 cm³/mol. The number of furan rings is 1. The van der Waals surface area contributed by atoms with Gasteiger partial charge in [-0.15, -0.1) is 11.3 Å². The molecule has 0 fully saturated rings. The summed E-state index contributed by atoms with van der Waals surface area (Å²) in [5, 5.41) is 4.62. The lowest BCUT2D eigenvalue weighted by Gasteiger charge is -2.09. The number of hydrogen-bond donors (Lipinski definition) is 2. The van der Waals surface area contributed by atoms with E-state index in [4.69, 9.17) is 20.1 Å². The zero-order valence-corrected chi connectivity index (χ0v) is 20.1. The van der Waals surface area contributed by atoms with Crippen molar-refractivity contribution < 1.29 is 4.42 Å². The Labute approximate surface area is 203 Å². The molecule has 5 nitrogen and oxygen atoms in total. The largest absolute Gasteiger partial charge is 0.472 e. The molecule has 0 unspecified atom stereocenters. The number of aryl methyl sites for hydroxylation is 2. The van der Waals surface area contributed by atoms with Gasteiger partial charge in [0.1, 0.15) is 16.9 Å². The summed E-state index contributed by atoms with van der Waals surface area (Å²) in [7, 11) is 0. The average molecular weight is 469 g/mol. The highest BCUT2D eigenvalue weighted by molar-refractivity contribution is 7.18. The van der Waals surface area contributed by atoms with Crippen LogP contribution >= 0.6 is 11.3 Å². The van der Waals surface area contributed by atoms with Crippen molar-refractivity contribution in [1.29, 1.82) is 0 Å². The van der Waals surface area contributed by atoms with Crippen molar-refractivity contribution in [3.63, 3.8) is 0 Å². The van der Waals surface area contributed by atoms with Crippen LogP contribution in [0, 0.1) is 6.92 Å². The third-order valence-corrected chi connectivity index (χ3v) is 6.85. The van der Waals surface area contributed by atoms with Gasteiger partial charge in [0.05, 0.1) is 17.2 Å². The van der Waals surface area contributed by atoms with Crippen LogP contribution in [0.2, 0.25) is 0 Å². The molecule has 0 amide bonds. The maximum atomic E-state index is 5.65. The average Bonchev–Trinajstić information content (AvgIpc) is 3.52. The third kappa shape index (κ3) is 5.03. The maximum absolute atomic E-state index is 5.65. The molecule has 0 saturated carbocycles. The zero-order valence-electron chi connectivity index (χ0n) is 19.3. The fraction of sp³-hybridized carbons (Fsp3) is 0.214. The van der Waals surface area contributed by atoms with E-state index in [1.54, 1.807) is 23.9 Å². The lowest BCUT2D eigenvalue weighted by Crippen LogP contribution is -2.06. The Morgan fingerprint density at radius 2 is 1.59 bits per heavy atom. The Kier molecular flexibility index (Phi) is 6.70. The minimum atomic E-state index is 0.684. The van der Waals surface area contributed by atoms with Crippen LogP contribution in [0.5, 0.6) is 0 Å². The monoisotopic (exact) mass is 468 g/mol. The molecule has 172 valence electrons. The predicted octanol–water partition coefficient (Wildman–Crippen LogP) is 6.47. The van der Waals surface area contributed by atoms with Crippen LogP contribution in [-0.4, -0.2) is 23.1 Å². The highest BCUT2D eigenvalue weighted by Gasteiger charge is 2.12. The lowest BCUT2D eigenvalue weighted by molar-refractivity contribution is 0.568. The number of nitrogens with two attached hydrogens (primary N) is 1. The van der Waals surface area contributed by atoms with Gasteiger partial charge in [-0.1, -0.05) is 48.5 Å². The number of benzene rings is 2. The third-order valence-electron chi connectivity index (χ3n) is 5.90. The second-order valence-electron chi connectivity index (χ2n) is 8.45. The van der Waals surface area contributed by atoms with E-state index in [2.05, 4.69) is 66.8 Å². The number of hydrogen-bond acceptors (Lipinski definition) is 6. The highest BCUT2D eigenvalue weighted by atomic mass is 32.1. The minimum absolute atomic E-state index is 0.684. The molecule has 34 heavy (non-hydrogen) atoms. The van der Waals surface area contributed by atoms with E-state index >= 15 is 0 Å². The fourth-order valence-corrected chi connectivity index (χ4v) is 4.97. The molecule has 0 radical (unpaired) electrons. The second kappa shape index (κ2) is 10.2. The van der Waals surface area contributed by atoms with E-state index in [1.165, 1.54) is 27.1 Å². The first kappa shape index (κ1) is 22.3. The molecule has 0 aliphatic rings. The van der Waals surface area contributed by atoms with Crippen LogP contribution in [0.15, 0.2) is 77.6 Å². The standard InChI is InChI=1S/C28H28N4OS/c1-19-17-25-27(31-26(32-28(25)34-19)24-13-16-33-18-24)30-15-2-3-20-4-8-22(9-5-20)23-10-6-21(7-11-23)12-14-29/h4-11,13,16-18H,2-3,12,14-15,29H2,1H3,(H,30,31,32). The summed E-state index contributed by atoms with van der Waals surface area (Å²) < 4.78 is 5.22. The van der Waals surface area contributed by atoms with Crippen LogP contribution < -0.4 is 11.1 Å². The van der Waals surface area contributed by atoms with Gasteiger partial charge in [-0.05, 0) is 67.1 Å². The first-order valence-electron chi connectivity index (χ1n) is 11.6. The Hall–Kier alpha value is -3.48. The summed E-state index contributed by atoms with van der Waals surface area (Å²) in [6, 6.07) is 21.6. The first-order valence-corrected chi connectivity index (χ1v) is 12.4. The van der Waals surface area contributed by atoms with E-state index < -0.39 is 0 Å². The molecule has 3 heterocycles. The molecule has 0 aliphatic heterocycles. The highest BCUT2D eigenvalue weighted by Crippen LogP contribution is 2.31. The number of anilines is 1. The van der Waals surface area contributed by atoms with Gasteiger partial charge in [0.25, 0.3) is 0 Å². The molecule has 3 aromatic heterocycles. The van der Waals surface area contributed by atoms with Gasteiger partial charge in [-0.25, -0.2) is 9.97 Å². The summed E-state index contributed by atoms with van der Waals surface area (Å²) in [6.45, 7) is 3.63. The van der Waals surface area contributed by atoms with E-state index in [0.717, 1.165) is 47.4 Å². The smallest absolute Gasteiger partial charge is 0.166 e. The summed E-state index contributed by atoms with van der Waals surface area (Å²) >= 11 is 1.69. The van der Waals surface area contributed by atoms with Crippen LogP contribution in [0.25, 0.3) is 32.7 Å². The van der Waals surface area contributed by atoms with Gasteiger partial charge < -0.3 is 15.5 Å². The number of thiophene rings is 1. The van der Waals surface area contributed by atoms with Crippen molar-refractivity contribution in [2.24, 2.45) is 5.73 Å². The summed E-state index contributed by atoms with van der Waals surface area (Å²) in [6.07, 6.45) is 6.28. The molecular weight excluding hydrogens is 440 g/mol. The van der Waals surface area contributed by atoms with Crippen molar-refractivity contribution in [3.8, 4) is 22.5 Å². The van der Waals surface area contributed by atoms with Crippen LogP contribution in [0.4, 0.5) is 5.82 Å². The molecule has 5 aromatic rings. The number of nitrogens with zero attached hydrogens (tertiary/aromatic N) is 2. The van der Waals surface area contributed by atoms with Crippen molar-refractivity contribution in [2.45, 2.75) is 26.2 Å². The van der Waals surface area contributed by atoms with Gasteiger partial charge in [0.2, 0.25) is 0 Å². The van der Waals surface area contributed by atoms with Gasteiger partial charge in [0, 0.05) is 11.4 Å². The summed E-state index contributed by atoms with van der Waals surface area (Å²) in [5.41, 5.74) is 11.6. The Bertz CT molecular complexity index is 1360. The molecule has 3 N–H and O–H groups in total. The van der Waals surface area contributed by atoms with E-state index in [0.29, 0.717) is 12.4 Å². The van der Waals surface area contributed by atoms with Gasteiger partial charge >= 0.3 is 0 Å². The molecular formula is C28H28N4OS. The SMILES string of the molecule is Cc1cc2c(NCCCc3ccc(-c4ccc(CCN)cc4)cc3)nc(-c3ccoc3)nc2s1. The van der Waals surface area contributed by atoms with Crippen molar-refractivity contribution >= 4 is 27.4 Å². The zero-order chi connectivity index (χ0) is 23.3. The quantitative estimate of drug-likeness (QED) is 0.242. The number of aromatic nitrogens is 2. The molecule has 0 aliphatic carbocycles. The van der Waals surface area contributed by atoms with Gasteiger partial charge in [-0.2, -0.15) is 0 Å². The van der Waals surface area contributed by atoms with Crippen LogP contribution in [0.3, 0.4) is 0 Å². The number of rotatable bonds is 9. The minimum Gasteiger partial charge on any atom is -0.472 e. The lowest BCUT2D eigenvalue weighted by atomic mass is 10.0. The number of fused-ring (bicyclic) bond motifs is 1. The maximum Gasteiger partial charge on any atom is 0.166 e. The molecule has 0 spiro atoms. The van der Waals surface area contributed by atoms with Crippen molar-refractivity contribution in [1.82, 2.24) is 9.97 Å².